The lowest BCUT2D eigenvalue weighted by Crippen LogP contribution is -2.71. The molecule has 3 N–H and O–H groups in total. The third-order valence-corrected chi connectivity index (χ3v) is 7.42. The Morgan fingerprint density at radius 3 is 2.40 bits per heavy atom. The monoisotopic (exact) mass is 601 g/mol. The van der Waals surface area contributed by atoms with Crippen molar-refractivity contribution < 1.29 is 14.4 Å². The molecule has 1 saturated heterocycles. The van der Waals surface area contributed by atoms with E-state index in [1.54, 1.807) is 35.4 Å². The number of rotatable bonds is 10. The molecule has 5 rings (SSSR count). The lowest BCUT2D eigenvalue weighted by atomic mass is 9.92. The molecular weight excluding hydrogens is 573 g/mol. The van der Waals surface area contributed by atoms with E-state index < -0.39 is 23.9 Å². The Morgan fingerprint density at radius 2 is 1.62 bits per heavy atom. The summed E-state index contributed by atoms with van der Waals surface area (Å²) < 4.78 is 0. The number of nitrogens with zero attached hydrogens (tertiary/aromatic N) is 2. The van der Waals surface area contributed by atoms with Crippen LogP contribution in [0.5, 0.6) is 0 Å². The van der Waals surface area contributed by atoms with E-state index in [1.807, 2.05) is 66.7 Å². The Labute approximate surface area is 253 Å². The van der Waals surface area contributed by atoms with Crippen LogP contribution in [-0.4, -0.2) is 47.9 Å². The summed E-state index contributed by atoms with van der Waals surface area (Å²) in [6, 6.07) is 22.7. The van der Waals surface area contributed by atoms with Crippen molar-refractivity contribution in [1.82, 2.24) is 15.6 Å². The van der Waals surface area contributed by atoms with Gasteiger partial charge in [-0.15, -0.1) is 0 Å². The van der Waals surface area contributed by atoms with Gasteiger partial charge in [0.1, 0.15) is 6.04 Å². The number of anilines is 2. The number of benzene rings is 3. The largest absolute Gasteiger partial charge is 0.384 e. The number of carbonyl (C=O) groups is 3. The quantitative estimate of drug-likeness (QED) is 0.127. The minimum Gasteiger partial charge on any atom is -0.384 e. The fraction of sp³-hybridized carbons (Fsp3) is 0.188. The highest BCUT2D eigenvalue weighted by Crippen LogP contribution is 2.31. The second kappa shape index (κ2) is 13.5. The number of hydrogen-bond acceptors (Lipinski definition) is 5. The minimum atomic E-state index is -0.867. The number of nitrogens with one attached hydrogen (secondary N) is 3. The number of fused-ring (bicyclic) bond motifs is 1. The molecule has 1 aliphatic rings. The topological polar surface area (TPSA) is 103 Å². The molecule has 0 spiro atoms. The van der Waals surface area contributed by atoms with Crippen molar-refractivity contribution in [3.05, 3.63) is 107 Å². The number of aromatic nitrogens is 1. The Morgan fingerprint density at radius 1 is 0.881 bits per heavy atom. The van der Waals surface area contributed by atoms with Crippen LogP contribution in [0.15, 0.2) is 91.1 Å². The van der Waals surface area contributed by atoms with Crippen molar-refractivity contribution in [2.24, 2.45) is 0 Å². The predicted molar refractivity (Wildman–Crippen MR) is 168 cm³/mol. The summed E-state index contributed by atoms with van der Waals surface area (Å²) in [5.74, 6) is -1.93. The number of unbranched alkanes of at least 4 members (excludes halogenated alkanes) is 1. The molecule has 4 aromatic rings. The van der Waals surface area contributed by atoms with Gasteiger partial charge in [-0.05, 0) is 66.9 Å². The molecule has 42 heavy (non-hydrogen) atoms. The first kappa shape index (κ1) is 29.1. The Hall–Kier alpha value is -4.40. The maximum atomic E-state index is 13.1. The van der Waals surface area contributed by atoms with E-state index >= 15 is 0 Å². The van der Waals surface area contributed by atoms with Crippen molar-refractivity contribution in [2.45, 2.75) is 24.9 Å². The van der Waals surface area contributed by atoms with Crippen LogP contribution in [0.1, 0.15) is 18.4 Å². The lowest BCUT2D eigenvalue weighted by molar-refractivity contribution is -0.141. The van der Waals surface area contributed by atoms with Gasteiger partial charge < -0.3 is 20.9 Å². The summed E-state index contributed by atoms with van der Waals surface area (Å²) in [6.07, 6.45) is 6.89. The van der Waals surface area contributed by atoms with Crippen molar-refractivity contribution in [2.75, 3.05) is 23.3 Å². The molecule has 0 saturated carbocycles. The van der Waals surface area contributed by atoms with Crippen LogP contribution in [0.25, 0.3) is 17.0 Å². The van der Waals surface area contributed by atoms with Gasteiger partial charge in [0, 0.05) is 46.1 Å². The summed E-state index contributed by atoms with van der Waals surface area (Å²) in [4.78, 5) is 44.2. The number of hydrogen-bond donors (Lipinski definition) is 3. The molecule has 0 radical (unpaired) electrons. The molecule has 1 aromatic heterocycles. The van der Waals surface area contributed by atoms with Gasteiger partial charge in [0.2, 0.25) is 0 Å². The second-order valence-electron chi connectivity index (χ2n) is 9.81. The van der Waals surface area contributed by atoms with Crippen LogP contribution in [0, 0.1) is 0 Å². The molecule has 2 heterocycles. The van der Waals surface area contributed by atoms with Crippen molar-refractivity contribution in [3.8, 4) is 0 Å². The zero-order valence-corrected chi connectivity index (χ0v) is 24.1. The zero-order chi connectivity index (χ0) is 29.5. The Bertz CT molecular complexity index is 1610. The number of pyridine rings is 1. The number of carbonyl (C=O) groups excluding carboxylic acids is 3. The van der Waals surface area contributed by atoms with Gasteiger partial charge in [-0.1, -0.05) is 65.7 Å². The molecule has 214 valence electrons. The molecule has 10 heteroatoms. The number of halogens is 2. The summed E-state index contributed by atoms with van der Waals surface area (Å²) in [7, 11) is 0. The number of amides is 3. The molecule has 0 aliphatic carbocycles. The first-order valence-electron chi connectivity index (χ1n) is 13.6. The molecule has 0 bridgehead atoms. The van der Waals surface area contributed by atoms with E-state index in [0.29, 0.717) is 35.2 Å². The van der Waals surface area contributed by atoms with Gasteiger partial charge in [0.05, 0.1) is 11.6 Å². The summed E-state index contributed by atoms with van der Waals surface area (Å²) in [5, 5.41) is 10.8. The van der Waals surface area contributed by atoms with E-state index in [9.17, 15) is 14.4 Å². The number of β-lactam (4-membered cyclic amide) rings is 1. The normalized spacial score (nSPS) is 16.3. The van der Waals surface area contributed by atoms with Crippen LogP contribution < -0.4 is 20.9 Å². The molecule has 3 amide bonds. The van der Waals surface area contributed by atoms with E-state index in [1.165, 1.54) is 0 Å². The third kappa shape index (κ3) is 6.90. The Kier molecular flexibility index (Phi) is 9.36. The summed E-state index contributed by atoms with van der Waals surface area (Å²) >= 11 is 12.1. The van der Waals surface area contributed by atoms with Crippen LogP contribution in [0.2, 0.25) is 10.0 Å². The fourth-order valence-electron chi connectivity index (χ4n) is 4.77. The summed E-state index contributed by atoms with van der Waals surface area (Å²) in [6.45, 7) is 1.00. The van der Waals surface area contributed by atoms with E-state index in [2.05, 4.69) is 20.9 Å². The molecule has 1 aliphatic heterocycles. The maximum absolute atomic E-state index is 13.1. The van der Waals surface area contributed by atoms with Crippen molar-refractivity contribution in [1.29, 1.82) is 0 Å². The second-order valence-corrected chi connectivity index (χ2v) is 10.7. The Balaban J connectivity index is 1.11. The fourth-order valence-corrected chi connectivity index (χ4v) is 5.06. The molecule has 2 atom stereocenters. The van der Waals surface area contributed by atoms with Gasteiger partial charge in [-0.2, -0.15) is 0 Å². The smallest absolute Gasteiger partial charge is 0.310 e. The van der Waals surface area contributed by atoms with E-state index in [-0.39, 0.29) is 5.91 Å². The highest BCUT2D eigenvalue weighted by atomic mass is 35.5. The van der Waals surface area contributed by atoms with Crippen LogP contribution in [0.4, 0.5) is 11.4 Å². The van der Waals surface area contributed by atoms with Gasteiger partial charge >= 0.3 is 11.8 Å². The average molecular weight is 603 g/mol. The molecule has 1 fully saturated rings. The van der Waals surface area contributed by atoms with Crippen LogP contribution in [0.3, 0.4) is 0 Å². The van der Waals surface area contributed by atoms with Crippen molar-refractivity contribution in [3.63, 3.8) is 0 Å². The van der Waals surface area contributed by atoms with Crippen LogP contribution >= 0.6 is 23.2 Å². The minimum absolute atomic E-state index is 0.307. The average Bonchev–Trinajstić information content (AvgIpc) is 3.00. The van der Waals surface area contributed by atoms with Gasteiger partial charge in [0.25, 0.3) is 5.91 Å². The van der Waals surface area contributed by atoms with Gasteiger partial charge in [-0.25, -0.2) is 0 Å². The lowest BCUT2D eigenvalue weighted by Gasteiger charge is -2.45. The first-order valence-corrected chi connectivity index (χ1v) is 14.3. The highest BCUT2D eigenvalue weighted by Gasteiger charge is 2.48. The third-order valence-electron chi connectivity index (χ3n) is 6.94. The highest BCUT2D eigenvalue weighted by molar-refractivity contribution is 6.36. The standard InChI is InChI=1S/C32H29Cl2N5O3/c33-22-9-12-24(13-10-22)39-28(15-8-21-6-2-1-3-7-21)29(32(39)42)38-31(41)30(40)37-18-5-4-17-35-26-16-19-36-27-20-23(34)11-14-25(26)27/h1-3,6-16,19-20,28-29H,4-5,17-18H2,(H,35,36)(H,37,40)(H,38,41)/b15-8+/t28-,29+/m1/s1. The van der Waals surface area contributed by atoms with Gasteiger partial charge in [-0.3, -0.25) is 19.4 Å². The SMILES string of the molecule is O=C(NCCCCNc1ccnc2cc(Cl)ccc12)C(=O)N[C@@H]1C(=O)N(c2ccc(Cl)cc2)[C@@H]1/C=C/c1ccccc1. The van der Waals surface area contributed by atoms with Crippen LogP contribution in [-0.2, 0) is 14.4 Å². The maximum Gasteiger partial charge on any atom is 0.310 e. The molecular formula is C32H29Cl2N5O3. The van der Waals surface area contributed by atoms with E-state index in [0.717, 1.165) is 28.6 Å². The summed E-state index contributed by atoms with van der Waals surface area (Å²) in [5.41, 5.74) is 3.37. The zero-order valence-electron chi connectivity index (χ0n) is 22.6. The van der Waals surface area contributed by atoms with E-state index in [4.69, 9.17) is 23.2 Å². The molecule has 0 unspecified atom stereocenters. The predicted octanol–water partition coefficient (Wildman–Crippen LogP) is 5.46. The van der Waals surface area contributed by atoms with Gasteiger partial charge in [0.15, 0.2) is 0 Å². The molecule has 3 aromatic carbocycles. The van der Waals surface area contributed by atoms with Crippen molar-refractivity contribution >= 4 is 69.3 Å². The first-order chi connectivity index (χ1) is 20.4. The molecule has 8 nitrogen and oxygen atoms in total.